The zero-order valence-electron chi connectivity index (χ0n) is 9.95. The third-order valence-corrected chi connectivity index (χ3v) is 2.21. The summed E-state index contributed by atoms with van der Waals surface area (Å²) < 4.78 is 0. The first kappa shape index (κ1) is 12.7. The highest BCUT2D eigenvalue weighted by molar-refractivity contribution is 5.34. The lowest BCUT2D eigenvalue weighted by Gasteiger charge is -2.16. The van der Waals surface area contributed by atoms with Gasteiger partial charge in [-0.1, -0.05) is 6.92 Å². The number of rotatable bonds is 5. The van der Waals surface area contributed by atoms with Gasteiger partial charge in [0.15, 0.2) is 0 Å². The molecule has 5 heteroatoms. The van der Waals surface area contributed by atoms with Crippen LogP contribution < -0.4 is 10.9 Å². The summed E-state index contributed by atoms with van der Waals surface area (Å²) in [4.78, 5) is 18.2. The monoisotopic (exact) mass is 225 g/mol. The summed E-state index contributed by atoms with van der Waals surface area (Å²) in [6.45, 7) is 5.61. The average Bonchev–Trinajstić information content (AvgIpc) is 2.14. The number of anilines is 1. The number of nitrogens with zero attached hydrogens (tertiary/aromatic N) is 1. The van der Waals surface area contributed by atoms with Gasteiger partial charge in [-0.05, 0) is 20.3 Å². The highest BCUT2D eigenvalue weighted by Crippen LogP contribution is 2.06. The van der Waals surface area contributed by atoms with E-state index in [1.54, 1.807) is 6.92 Å². The van der Waals surface area contributed by atoms with Gasteiger partial charge < -0.3 is 15.4 Å². The largest absolute Gasteiger partial charge is 0.393 e. The Kier molecular flexibility index (Phi) is 4.49. The Labute approximate surface area is 94.9 Å². The molecule has 0 spiro atoms. The van der Waals surface area contributed by atoms with Gasteiger partial charge in [0, 0.05) is 18.5 Å². The number of H-pyrrole nitrogens is 1. The molecule has 0 bridgehead atoms. The summed E-state index contributed by atoms with van der Waals surface area (Å²) in [5.41, 5.74) is -0.154. The molecule has 2 unspecified atom stereocenters. The minimum atomic E-state index is -0.366. The highest BCUT2D eigenvalue weighted by Gasteiger charge is 2.07. The van der Waals surface area contributed by atoms with E-state index in [1.807, 2.05) is 13.8 Å². The molecule has 16 heavy (non-hydrogen) atoms. The first-order chi connectivity index (χ1) is 7.51. The molecule has 0 aliphatic rings. The molecule has 0 aromatic carbocycles. The van der Waals surface area contributed by atoms with Crippen LogP contribution in [-0.4, -0.2) is 27.2 Å². The van der Waals surface area contributed by atoms with E-state index in [0.717, 1.165) is 0 Å². The Morgan fingerprint density at radius 1 is 1.56 bits per heavy atom. The molecular formula is C11H19N3O2. The number of aromatic nitrogens is 2. The molecule has 0 saturated carbocycles. The first-order valence-corrected chi connectivity index (χ1v) is 5.56. The lowest BCUT2D eigenvalue weighted by Crippen LogP contribution is -2.23. The molecule has 1 aromatic heterocycles. The van der Waals surface area contributed by atoms with Crippen LogP contribution in [0.25, 0.3) is 0 Å². The van der Waals surface area contributed by atoms with Crippen molar-refractivity contribution in [2.75, 3.05) is 5.32 Å². The van der Waals surface area contributed by atoms with Gasteiger partial charge >= 0.3 is 0 Å². The van der Waals surface area contributed by atoms with Crippen LogP contribution >= 0.6 is 0 Å². The van der Waals surface area contributed by atoms with Crippen LogP contribution in [0.1, 0.15) is 33.0 Å². The maximum Gasteiger partial charge on any atom is 0.252 e. The second kappa shape index (κ2) is 5.65. The summed E-state index contributed by atoms with van der Waals surface area (Å²) in [6, 6.07) is 1.51. The molecule has 0 fully saturated rings. The van der Waals surface area contributed by atoms with Crippen molar-refractivity contribution in [3.63, 3.8) is 0 Å². The van der Waals surface area contributed by atoms with Crippen molar-refractivity contribution in [2.24, 2.45) is 0 Å². The van der Waals surface area contributed by atoms with Crippen LogP contribution in [0.4, 0.5) is 5.82 Å². The van der Waals surface area contributed by atoms with Crippen molar-refractivity contribution >= 4 is 5.82 Å². The predicted molar refractivity (Wildman–Crippen MR) is 63.6 cm³/mol. The van der Waals surface area contributed by atoms with E-state index in [9.17, 15) is 9.90 Å². The standard InChI is InChI=1S/C11H19N3O2/c1-4-9-13-10(6-11(16)14-9)12-7(2)5-8(3)15/h6-8,15H,4-5H2,1-3H3,(H2,12,13,14,16). The van der Waals surface area contributed by atoms with E-state index in [0.29, 0.717) is 24.5 Å². The second-order valence-corrected chi connectivity index (χ2v) is 4.06. The molecule has 90 valence electrons. The first-order valence-electron chi connectivity index (χ1n) is 5.56. The average molecular weight is 225 g/mol. The summed E-state index contributed by atoms with van der Waals surface area (Å²) in [5.74, 6) is 1.23. The van der Waals surface area contributed by atoms with Crippen LogP contribution in [0, 0.1) is 0 Å². The van der Waals surface area contributed by atoms with Crippen LogP contribution in [0.3, 0.4) is 0 Å². The SMILES string of the molecule is CCc1nc(NC(C)CC(C)O)cc(=O)[nH]1. The fourth-order valence-corrected chi connectivity index (χ4v) is 1.57. The third kappa shape index (κ3) is 4.02. The minimum absolute atomic E-state index is 0.0824. The summed E-state index contributed by atoms with van der Waals surface area (Å²) in [6.07, 6.45) is 0.945. The third-order valence-electron chi connectivity index (χ3n) is 2.21. The maximum atomic E-state index is 11.3. The molecule has 0 amide bonds. The number of aliphatic hydroxyl groups is 1. The van der Waals surface area contributed by atoms with Crippen LogP contribution in [0.15, 0.2) is 10.9 Å². The van der Waals surface area contributed by atoms with Crippen molar-refractivity contribution < 1.29 is 5.11 Å². The zero-order chi connectivity index (χ0) is 12.1. The number of aliphatic hydroxyl groups excluding tert-OH is 1. The van der Waals surface area contributed by atoms with E-state index < -0.39 is 0 Å². The van der Waals surface area contributed by atoms with E-state index >= 15 is 0 Å². The van der Waals surface area contributed by atoms with Gasteiger partial charge in [0.2, 0.25) is 0 Å². The summed E-state index contributed by atoms with van der Waals surface area (Å²) in [7, 11) is 0. The molecule has 1 aromatic rings. The van der Waals surface area contributed by atoms with Gasteiger partial charge in [0.25, 0.3) is 5.56 Å². The lowest BCUT2D eigenvalue weighted by atomic mass is 10.1. The molecule has 0 aliphatic heterocycles. The Bertz CT molecular complexity index is 387. The van der Waals surface area contributed by atoms with Crippen LogP contribution in [0.5, 0.6) is 0 Å². The lowest BCUT2D eigenvalue weighted by molar-refractivity contribution is 0.179. The fraction of sp³-hybridized carbons (Fsp3) is 0.636. The van der Waals surface area contributed by atoms with Gasteiger partial charge in [0.05, 0.1) is 6.10 Å². The Morgan fingerprint density at radius 3 is 2.81 bits per heavy atom. The number of aromatic amines is 1. The van der Waals surface area contributed by atoms with Gasteiger partial charge in [-0.2, -0.15) is 0 Å². The van der Waals surface area contributed by atoms with Crippen molar-refractivity contribution in [3.8, 4) is 0 Å². The van der Waals surface area contributed by atoms with Crippen LogP contribution in [0.2, 0.25) is 0 Å². The molecule has 2 atom stereocenters. The zero-order valence-corrected chi connectivity index (χ0v) is 9.95. The summed E-state index contributed by atoms with van der Waals surface area (Å²) in [5, 5.41) is 12.3. The molecule has 3 N–H and O–H groups in total. The normalized spacial score (nSPS) is 14.5. The second-order valence-electron chi connectivity index (χ2n) is 4.06. The fourth-order valence-electron chi connectivity index (χ4n) is 1.57. The van der Waals surface area contributed by atoms with Gasteiger partial charge in [0.1, 0.15) is 11.6 Å². The van der Waals surface area contributed by atoms with Crippen molar-refractivity contribution in [1.82, 2.24) is 9.97 Å². The molecular weight excluding hydrogens is 206 g/mol. The Hall–Kier alpha value is -1.36. The Morgan fingerprint density at radius 2 is 2.25 bits per heavy atom. The molecule has 0 radical (unpaired) electrons. The maximum absolute atomic E-state index is 11.3. The van der Waals surface area contributed by atoms with E-state index in [-0.39, 0.29) is 17.7 Å². The molecule has 0 saturated heterocycles. The topological polar surface area (TPSA) is 78.0 Å². The number of aryl methyl sites for hydroxylation is 1. The molecule has 1 rings (SSSR count). The number of hydrogen-bond donors (Lipinski definition) is 3. The smallest absolute Gasteiger partial charge is 0.252 e. The quantitative estimate of drug-likeness (QED) is 0.696. The number of hydrogen-bond acceptors (Lipinski definition) is 4. The predicted octanol–water partition coefficient (Wildman–Crippen LogP) is 0.904. The van der Waals surface area contributed by atoms with Crippen LogP contribution in [-0.2, 0) is 6.42 Å². The molecule has 5 nitrogen and oxygen atoms in total. The highest BCUT2D eigenvalue weighted by atomic mass is 16.3. The van der Waals surface area contributed by atoms with Crippen molar-refractivity contribution in [3.05, 3.63) is 22.2 Å². The van der Waals surface area contributed by atoms with E-state index in [1.165, 1.54) is 6.07 Å². The van der Waals surface area contributed by atoms with Gasteiger partial charge in [-0.25, -0.2) is 4.98 Å². The Balaban J connectivity index is 2.73. The van der Waals surface area contributed by atoms with E-state index in [2.05, 4.69) is 15.3 Å². The molecule has 1 heterocycles. The molecule has 0 aliphatic carbocycles. The minimum Gasteiger partial charge on any atom is -0.393 e. The summed E-state index contributed by atoms with van der Waals surface area (Å²) >= 11 is 0. The van der Waals surface area contributed by atoms with Crippen molar-refractivity contribution in [2.45, 2.75) is 45.8 Å². The number of nitrogens with one attached hydrogen (secondary N) is 2. The van der Waals surface area contributed by atoms with Gasteiger partial charge in [-0.15, -0.1) is 0 Å². The van der Waals surface area contributed by atoms with E-state index in [4.69, 9.17) is 0 Å². The van der Waals surface area contributed by atoms with Gasteiger partial charge in [-0.3, -0.25) is 4.79 Å². The van der Waals surface area contributed by atoms with Crippen molar-refractivity contribution in [1.29, 1.82) is 0 Å².